The first-order valence-electron chi connectivity index (χ1n) is 7.52. The van der Waals surface area contributed by atoms with Gasteiger partial charge in [-0.3, -0.25) is 14.5 Å². The zero-order chi connectivity index (χ0) is 14.5. The molecule has 112 valence electrons. The molecule has 5 nitrogen and oxygen atoms in total. The summed E-state index contributed by atoms with van der Waals surface area (Å²) >= 11 is 0. The minimum absolute atomic E-state index is 0.0455. The van der Waals surface area contributed by atoms with E-state index in [2.05, 4.69) is 16.8 Å². The van der Waals surface area contributed by atoms with Gasteiger partial charge in [-0.15, -0.1) is 6.58 Å². The van der Waals surface area contributed by atoms with Crippen molar-refractivity contribution >= 4 is 11.8 Å². The lowest BCUT2D eigenvalue weighted by Gasteiger charge is -2.34. The van der Waals surface area contributed by atoms with E-state index < -0.39 is 0 Å². The van der Waals surface area contributed by atoms with Gasteiger partial charge in [-0.05, 0) is 32.2 Å². The van der Waals surface area contributed by atoms with E-state index in [-0.39, 0.29) is 11.8 Å². The van der Waals surface area contributed by atoms with Gasteiger partial charge in [0.1, 0.15) is 0 Å². The Balaban J connectivity index is 1.94. The lowest BCUT2D eigenvalue weighted by Crippen LogP contribution is -2.50. The fourth-order valence-electron chi connectivity index (χ4n) is 3.49. The van der Waals surface area contributed by atoms with Crippen molar-refractivity contribution in [3.63, 3.8) is 0 Å². The minimum atomic E-state index is 0.0455. The van der Waals surface area contributed by atoms with Crippen molar-refractivity contribution in [2.45, 2.75) is 44.7 Å². The van der Waals surface area contributed by atoms with E-state index in [1.807, 2.05) is 4.90 Å². The van der Waals surface area contributed by atoms with Gasteiger partial charge in [0.2, 0.25) is 11.8 Å². The molecule has 0 radical (unpaired) electrons. The van der Waals surface area contributed by atoms with Crippen molar-refractivity contribution in [1.82, 2.24) is 15.1 Å². The van der Waals surface area contributed by atoms with Gasteiger partial charge in [0.05, 0.1) is 6.54 Å². The molecule has 2 heterocycles. The zero-order valence-electron chi connectivity index (χ0n) is 12.3. The molecule has 2 aliphatic rings. The summed E-state index contributed by atoms with van der Waals surface area (Å²) in [5.41, 5.74) is 0. The number of nitrogens with one attached hydrogen (secondary N) is 1. The third-order valence-corrected chi connectivity index (χ3v) is 4.35. The van der Waals surface area contributed by atoms with Gasteiger partial charge in [0, 0.05) is 32.1 Å². The maximum atomic E-state index is 11.9. The molecule has 0 aromatic carbocycles. The van der Waals surface area contributed by atoms with Crippen LogP contribution in [-0.2, 0) is 9.59 Å². The first kappa shape index (κ1) is 15.0. The van der Waals surface area contributed by atoms with E-state index in [1.165, 1.54) is 0 Å². The highest BCUT2D eigenvalue weighted by Gasteiger charge is 2.39. The number of amides is 2. The number of hydrogen-bond acceptors (Lipinski definition) is 3. The number of carbonyl (C=O) groups excluding carboxylic acids is 2. The Morgan fingerprint density at radius 1 is 1.25 bits per heavy atom. The first-order chi connectivity index (χ1) is 9.63. The molecule has 0 aliphatic carbocycles. The molecule has 5 heteroatoms. The van der Waals surface area contributed by atoms with Crippen molar-refractivity contribution in [1.29, 1.82) is 0 Å². The van der Waals surface area contributed by atoms with Crippen molar-refractivity contribution in [2.24, 2.45) is 0 Å². The number of likely N-dealkylation sites (tertiary alicyclic amines) is 2. The van der Waals surface area contributed by atoms with E-state index in [1.54, 1.807) is 13.0 Å². The summed E-state index contributed by atoms with van der Waals surface area (Å²) in [4.78, 5) is 27.8. The second kappa shape index (κ2) is 6.88. The molecular weight excluding hydrogens is 254 g/mol. The van der Waals surface area contributed by atoms with Gasteiger partial charge < -0.3 is 10.2 Å². The zero-order valence-corrected chi connectivity index (χ0v) is 12.3. The largest absolute Gasteiger partial charge is 0.352 e. The fraction of sp³-hybridized carbons (Fsp3) is 0.733. The molecule has 2 aliphatic heterocycles. The van der Waals surface area contributed by atoms with Crippen LogP contribution in [0.5, 0.6) is 0 Å². The van der Waals surface area contributed by atoms with Gasteiger partial charge in [0.25, 0.3) is 0 Å². The van der Waals surface area contributed by atoms with Crippen LogP contribution in [0.15, 0.2) is 12.7 Å². The second-order valence-electron chi connectivity index (χ2n) is 5.69. The Morgan fingerprint density at radius 3 is 2.65 bits per heavy atom. The minimum Gasteiger partial charge on any atom is -0.352 e. The Kier molecular flexibility index (Phi) is 5.17. The molecule has 0 spiro atoms. The van der Waals surface area contributed by atoms with E-state index in [4.69, 9.17) is 0 Å². The van der Waals surface area contributed by atoms with Gasteiger partial charge in [-0.2, -0.15) is 0 Å². The van der Waals surface area contributed by atoms with Crippen LogP contribution in [0.2, 0.25) is 0 Å². The molecule has 0 aromatic heterocycles. The summed E-state index contributed by atoms with van der Waals surface area (Å²) in [5, 5.41) is 2.83. The SMILES string of the molecule is C=CCNC(=O)CN1CCCC1C1CCCN1C(C)=O. The summed E-state index contributed by atoms with van der Waals surface area (Å²) < 4.78 is 0. The molecule has 2 rings (SSSR count). The number of rotatable bonds is 5. The van der Waals surface area contributed by atoms with Crippen LogP contribution in [0.3, 0.4) is 0 Å². The maximum Gasteiger partial charge on any atom is 0.234 e. The Labute approximate surface area is 121 Å². The Morgan fingerprint density at radius 2 is 1.95 bits per heavy atom. The summed E-state index contributed by atoms with van der Waals surface area (Å²) in [6, 6.07) is 0.637. The molecule has 1 N–H and O–H groups in total. The number of hydrogen-bond donors (Lipinski definition) is 1. The molecule has 0 aromatic rings. The monoisotopic (exact) mass is 279 g/mol. The molecule has 2 saturated heterocycles. The molecule has 2 unspecified atom stereocenters. The summed E-state index contributed by atoms with van der Waals surface area (Å²) in [6.07, 6.45) is 6.03. The Bertz CT molecular complexity index is 383. The van der Waals surface area contributed by atoms with Crippen LogP contribution in [0.4, 0.5) is 0 Å². The predicted octanol–water partition coefficient (Wildman–Crippen LogP) is 0.764. The van der Waals surface area contributed by atoms with E-state index in [9.17, 15) is 9.59 Å². The summed E-state index contributed by atoms with van der Waals surface area (Å²) in [6.45, 7) is 8.01. The molecule has 2 amide bonds. The van der Waals surface area contributed by atoms with E-state index in [0.717, 1.165) is 38.8 Å². The van der Waals surface area contributed by atoms with Gasteiger partial charge >= 0.3 is 0 Å². The third-order valence-electron chi connectivity index (χ3n) is 4.35. The predicted molar refractivity (Wildman–Crippen MR) is 78.2 cm³/mol. The molecular formula is C15H25N3O2. The van der Waals surface area contributed by atoms with Crippen molar-refractivity contribution in [2.75, 3.05) is 26.2 Å². The van der Waals surface area contributed by atoms with Crippen LogP contribution in [-0.4, -0.2) is 59.9 Å². The fourth-order valence-corrected chi connectivity index (χ4v) is 3.49. The molecule has 20 heavy (non-hydrogen) atoms. The van der Waals surface area contributed by atoms with Crippen molar-refractivity contribution in [3.05, 3.63) is 12.7 Å². The topological polar surface area (TPSA) is 52.7 Å². The average Bonchev–Trinajstić information content (AvgIpc) is 3.03. The lowest BCUT2D eigenvalue weighted by atomic mass is 10.0. The highest BCUT2D eigenvalue weighted by Crippen LogP contribution is 2.29. The average molecular weight is 279 g/mol. The molecule has 0 bridgehead atoms. The van der Waals surface area contributed by atoms with Gasteiger partial charge in [-0.25, -0.2) is 0 Å². The number of carbonyl (C=O) groups is 2. The van der Waals surface area contributed by atoms with Crippen LogP contribution in [0.25, 0.3) is 0 Å². The van der Waals surface area contributed by atoms with E-state index >= 15 is 0 Å². The quantitative estimate of drug-likeness (QED) is 0.756. The van der Waals surface area contributed by atoms with Gasteiger partial charge in [-0.1, -0.05) is 6.08 Å². The second-order valence-corrected chi connectivity index (χ2v) is 5.69. The summed E-state index contributed by atoms with van der Waals surface area (Å²) in [5.74, 6) is 0.208. The highest BCUT2D eigenvalue weighted by molar-refractivity contribution is 5.78. The van der Waals surface area contributed by atoms with Crippen molar-refractivity contribution in [3.8, 4) is 0 Å². The van der Waals surface area contributed by atoms with Crippen LogP contribution < -0.4 is 5.32 Å². The Hall–Kier alpha value is -1.36. The highest BCUT2D eigenvalue weighted by atomic mass is 16.2. The molecule has 2 atom stereocenters. The molecule has 2 fully saturated rings. The van der Waals surface area contributed by atoms with E-state index in [0.29, 0.717) is 25.2 Å². The van der Waals surface area contributed by atoms with Crippen molar-refractivity contribution < 1.29 is 9.59 Å². The van der Waals surface area contributed by atoms with Crippen LogP contribution >= 0.6 is 0 Å². The maximum absolute atomic E-state index is 11.9. The first-order valence-corrected chi connectivity index (χ1v) is 7.52. The third kappa shape index (κ3) is 3.39. The standard InChI is InChI=1S/C15H25N3O2/c1-3-8-16-15(20)11-17-9-4-6-13(17)14-7-5-10-18(14)12(2)19/h3,13-14H,1,4-11H2,2H3,(H,16,20). The van der Waals surface area contributed by atoms with Crippen LogP contribution in [0.1, 0.15) is 32.6 Å². The molecule has 0 saturated carbocycles. The smallest absolute Gasteiger partial charge is 0.234 e. The van der Waals surface area contributed by atoms with Crippen LogP contribution in [0, 0.1) is 0 Å². The normalized spacial score (nSPS) is 26.8. The lowest BCUT2D eigenvalue weighted by molar-refractivity contribution is -0.130. The number of nitrogens with zero attached hydrogens (tertiary/aromatic N) is 2. The summed E-state index contributed by atoms with van der Waals surface area (Å²) in [7, 11) is 0. The van der Waals surface area contributed by atoms with Gasteiger partial charge in [0.15, 0.2) is 0 Å².